The maximum absolute atomic E-state index is 12.7. The lowest BCUT2D eigenvalue weighted by Crippen LogP contribution is -2.19. The molecule has 8 heteroatoms. The van der Waals surface area contributed by atoms with Gasteiger partial charge >= 0.3 is 5.97 Å². The minimum absolute atomic E-state index is 0.168. The number of rotatable bonds is 6. The van der Waals surface area contributed by atoms with Crippen molar-refractivity contribution in [2.45, 2.75) is 48.0 Å². The molecule has 3 aromatic rings. The minimum Gasteiger partial charge on any atom is -0.462 e. The maximum atomic E-state index is 12.7. The zero-order chi connectivity index (χ0) is 25.3. The molecule has 1 N–H and O–H groups in total. The van der Waals surface area contributed by atoms with Crippen molar-refractivity contribution in [3.8, 4) is 5.00 Å². The van der Waals surface area contributed by atoms with E-state index in [0.717, 1.165) is 44.5 Å². The molecule has 182 valence electrons. The zero-order valence-corrected chi connectivity index (χ0v) is 22.4. The number of esters is 1. The van der Waals surface area contributed by atoms with Crippen LogP contribution in [0.1, 0.15) is 57.2 Å². The van der Waals surface area contributed by atoms with Crippen molar-refractivity contribution in [3.63, 3.8) is 0 Å². The van der Waals surface area contributed by atoms with Gasteiger partial charge in [0, 0.05) is 16.3 Å². The number of nitrogens with zero attached hydrogens (tertiary/aromatic N) is 2. The van der Waals surface area contributed by atoms with Crippen LogP contribution in [0.3, 0.4) is 0 Å². The largest absolute Gasteiger partial charge is 0.462 e. The summed E-state index contributed by atoms with van der Waals surface area (Å²) in [5.74, 6) is -0.478. The van der Waals surface area contributed by atoms with Gasteiger partial charge in [-0.25, -0.2) is 9.79 Å². The van der Waals surface area contributed by atoms with Gasteiger partial charge in [0.05, 0.1) is 22.8 Å². The Balaban J connectivity index is 1.67. The molecular weight excluding hydrogens is 478 g/mol. The van der Waals surface area contributed by atoms with E-state index in [1.54, 1.807) is 11.3 Å². The van der Waals surface area contributed by atoms with E-state index >= 15 is 0 Å². The van der Waals surface area contributed by atoms with Crippen LogP contribution in [0.15, 0.2) is 40.2 Å². The molecule has 1 fully saturated rings. The number of aryl methyl sites for hydroxylation is 3. The molecule has 6 nitrogen and oxygen atoms in total. The molecule has 0 radical (unpaired) electrons. The van der Waals surface area contributed by atoms with Gasteiger partial charge in [-0.05, 0) is 93.8 Å². The van der Waals surface area contributed by atoms with Gasteiger partial charge in [0.1, 0.15) is 5.00 Å². The second-order valence-electron chi connectivity index (χ2n) is 8.35. The molecule has 0 atom stereocenters. The number of thiophene rings is 1. The van der Waals surface area contributed by atoms with Crippen LogP contribution in [0.2, 0.25) is 0 Å². The molecule has 2 aromatic heterocycles. The summed E-state index contributed by atoms with van der Waals surface area (Å²) in [6, 6.07) is 10.0. The molecule has 0 unspecified atom stereocenters. The highest BCUT2D eigenvalue weighted by Crippen LogP contribution is 2.36. The predicted octanol–water partition coefficient (Wildman–Crippen LogP) is 6.40. The van der Waals surface area contributed by atoms with Crippen molar-refractivity contribution >= 4 is 51.9 Å². The Morgan fingerprint density at radius 1 is 1.14 bits per heavy atom. The molecule has 0 spiro atoms. The summed E-state index contributed by atoms with van der Waals surface area (Å²) in [6.45, 7) is 12.2. The van der Waals surface area contributed by atoms with E-state index in [9.17, 15) is 9.59 Å². The van der Waals surface area contributed by atoms with Crippen LogP contribution in [-0.2, 0) is 16.0 Å². The number of aliphatic imine (C=N–C) groups is 1. The number of thioether (sulfide) groups is 1. The van der Waals surface area contributed by atoms with Crippen molar-refractivity contribution in [1.29, 1.82) is 0 Å². The third kappa shape index (κ3) is 4.99. The quantitative estimate of drug-likeness (QED) is 0.309. The Morgan fingerprint density at radius 2 is 1.86 bits per heavy atom. The van der Waals surface area contributed by atoms with E-state index in [2.05, 4.69) is 21.8 Å². The molecule has 4 rings (SSSR count). The fourth-order valence-corrected chi connectivity index (χ4v) is 6.09. The number of aromatic nitrogens is 1. The minimum atomic E-state index is -0.310. The topological polar surface area (TPSA) is 72.7 Å². The first-order valence-electron chi connectivity index (χ1n) is 11.6. The number of carbonyl (C=O) groups excluding carboxylic acids is 2. The van der Waals surface area contributed by atoms with Crippen LogP contribution in [0.5, 0.6) is 0 Å². The highest BCUT2D eigenvalue weighted by molar-refractivity contribution is 8.18. The number of hydrogen-bond acceptors (Lipinski definition) is 6. The molecule has 1 amide bonds. The van der Waals surface area contributed by atoms with E-state index in [0.29, 0.717) is 22.2 Å². The van der Waals surface area contributed by atoms with Crippen LogP contribution in [0, 0.1) is 27.7 Å². The van der Waals surface area contributed by atoms with Gasteiger partial charge in [-0.1, -0.05) is 19.1 Å². The number of amides is 1. The second kappa shape index (κ2) is 10.3. The van der Waals surface area contributed by atoms with Crippen molar-refractivity contribution in [1.82, 2.24) is 9.88 Å². The molecule has 0 aliphatic carbocycles. The van der Waals surface area contributed by atoms with Crippen LogP contribution >= 0.6 is 23.1 Å². The van der Waals surface area contributed by atoms with Crippen LogP contribution in [0.4, 0.5) is 5.69 Å². The van der Waals surface area contributed by atoms with E-state index in [-0.39, 0.29) is 11.9 Å². The van der Waals surface area contributed by atoms with E-state index in [4.69, 9.17) is 4.74 Å². The molecule has 1 saturated heterocycles. The second-order valence-corrected chi connectivity index (χ2v) is 10.6. The fourth-order valence-electron chi connectivity index (χ4n) is 4.00. The molecule has 35 heavy (non-hydrogen) atoms. The van der Waals surface area contributed by atoms with Gasteiger partial charge in [0.2, 0.25) is 0 Å². The van der Waals surface area contributed by atoms with Gasteiger partial charge in [-0.2, -0.15) is 0 Å². The van der Waals surface area contributed by atoms with E-state index in [1.807, 2.05) is 71.0 Å². The van der Waals surface area contributed by atoms with Gasteiger partial charge in [0.25, 0.3) is 5.91 Å². The fraction of sp³-hybridized carbons (Fsp3) is 0.296. The summed E-state index contributed by atoms with van der Waals surface area (Å²) in [5, 5.41) is 4.27. The lowest BCUT2D eigenvalue weighted by molar-refractivity contribution is -0.115. The van der Waals surface area contributed by atoms with Gasteiger partial charge in [0.15, 0.2) is 5.17 Å². The van der Waals surface area contributed by atoms with E-state index < -0.39 is 0 Å². The third-order valence-corrected chi connectivity index (χ3v) is 8.13. The summed E-state index contributed by atoms with van der Waals surface area (Å²) in [6.07, 6.45) is 2.86. The summed E-state index contributed by atoms with van der Waals surface area (Å²) < 4.78 is 7.41. The summed E-state index contributed by atoms with van der Waals surface area (Å²) >= 11 is 2.90. The van der Waals surface area contributed by atoms with Crippen molar-refractivity contribution in [2.24, 2.45) is 4.99 Å². The van der Waals surface area contributed by atoms with Crippen LogP contribution in [0.25, 0.3) is 11.1 Å². The van der Waals surface area contributed by atoms with Gasteiger partial charge < -0.3 is 14.6 Å². The SMILES string of the molecule is CCOC(=O)c1c(-n2c(C)cc(/C=C3\SC(=Nc4ccc(CC)cc4)NC3=O)c2C)sc(C)c1C. The number of nitrogens with one attached hydrogen (secondary N) is 1. The predicted molar refractivity (Wildman–Crippen MR) is 145 cm³/mol. The first-order valence-corrected chi connectivity index (χ1v) is 13.2. The van der Waals surface area contributed by atoms with E-state index in [1.165, 1.54) is 17.3 Å². The van der Waals surface area contributed by atoms with Gasteiger partial charge in [-0.3, -0.25) is 4.79 Å². The average molecular weight is 508 g/mol. The van der Waals surface area contributed by atoms with Crippen molar-refractivity contribution < 1.29 is 14.3 Å². The van der Waals surface area contributed by atoms with Crippen LogP contribution in [-0.4, -0.2) is 28.2 Å². The van der Waals surface area contributed by atoms with Crippen molar-refractivity contribution in [2.75, 3.05) is 6.61 Å². The monoisotopic (exact) mass is 507 g/mol. The Labute approximate surface area is 214 Å². The molecular formula is C27H29N3O3S2. The molecule has 1 aliphatic rings. The molecule has 1 aromatic carbocycles. The first kappa shape index (κ1) is 25.0. The number of amidine groups is 1. The molecule has 0 bridgehead atoms. The lowest BCUT2D eigenvalue weighted by Gasteiger charge is -2.11. The summed E-state index contributed by atoms with van der Waals surface area (Å²) in [5.41, 5.74) is 6.45. The maximum Gasteiger partial charge on any atom is 0.341 e. The molecule has 3 heterocycles. The normalized spacial score (nSPS) is 15.8. The standard InChI is InChI=1S/C27H29N3O3S2/c1-7-19-9-11-21(12-10-19)28-27-29-24(31)22(35-27)14-20-13-15(3)30(17(20)5)25-23(26(32)33-8-2)16(4)18(6)34-25/h9-14H,7-8H2,1-6H3,(H,28,29,31)/b22-14-. The van der Waals surface area contributed by atoms with Gasteiger partial charge in [-0.15, -0.1) is 11.3 Å². The average Bonchev–Trinajstić information content (AvgIpc) is 3.41. The Morgan fingerprint density at radius 3 is 2.51 bits per heavy atom. The Hall–Kier alpha value is -3.10. The lowest BCUT2D eigenvalue weighted by atomic mass is 10.1. The summed E-state index contributed by atoms with van der Waals surface area (Å²) in [4.78, 5) is 31.6. The van der Waals surface area contributed by atoms with Crippen LogP contribution < -0.4 is 5.32 Å². The third-order valence-electron chi connectivity index (χ3n) is 6.03. The summed E-state index contributed by atoms with van der Waals surface area (Å²) in [7, 11) is 0. The Kier molecular flexibility index (Phi) is 7.33. The Bertz CT molecular complexity index is 1360. The zero-order valence-electron chi connectivity index (χ0n) is 20.8. The number of hydrogen-bond donors (Lipinski definition) is 1. The number of benzene rings is 1. The first-order chi connectivity index (χ1) is 16.7. The highest BCUT2D eigenvalue weighted by Gasteiger charge is 2.27. The number of carbonyl (C=O) groups is 2. The smallest absolute Gasteiger partial charge is 0.341 e. The number of ether oxygens (including phenoxy) is 1. The highest BCUT2D eigenvalue weighted by atomic mass is 32.2. The van der Waals surface area contributed by atoms with Crippen molar-refractivity contribution in [3.05, 3.63) is 73.8 Å². The molecule has 1 aliphatic heterocycles. The molecule has 0 saturated carbocycles.